The molecule has 0 unspecified atom stereocenters. The van der Waals surface area contributed by atoms with Crippen molar-refractivity contribution in [2.24, 2.45) is 0 Å². The molecule has 0 bridgehead atoms. The Morgan fingerprint density at radius 3 is 1.74 bits per heavy atom. The molecule has 0 radical (unpaired) electrons. The molecule has 8 heteroatoms. The highest BCUT2D eigenvalue weighted by atomic mass is 79.9. The fraction of sp³-hybridized carbons (Fsp3) is 0.400. The third kappa shape index (κ3) is 7.93. The van der Waals surface area contributed by atoms with Gasteiger partial charge in [0.2, 0.25) is 0 Å². The number of rotatable bonds is 12. The van der Waals surface area contributed by atoms with Crippen LogP contribution in [-0.2, 0) is 38.5 Å². The normalized spacial score (nSPS) is 20.6. The highest BCUT2D eigenvalue weighted by molar-refractivity contribution is 9.10. The van der Waals surface area contributed by atoms with E-state index in [0.29, 0.717) is 26.4 Å². The van der Waals surface area contributed by atoms with Crippen LogP contribution in [0.4, 0.5) is 0 Å². The maximum absolute atomic E-state index is 7.18. The van der Waals surface area contributed by atoms with Gasteiger partial charge in [0.05, 0.1) is 32.5 Å². The van der Waals surface area contributed by atoms with Gasteiger partial charge in [0.1, 0.15) is 28.7 Å². The molecule has 0 saturated heterocycles. The topological polar surface area (TPSA) is 54.7 Å². The summed E-state index contributed by atoms with van der Waals surface area (Å²) in [6.45, 7) is 13.2. The molecule has 0 N–H and O–H groups in total. The largest absolute Gasteiger partial charge is 0.404 e. The minimum absolute atomic E-state index is 0.00166. The second-order valence-corrected chi connectivity index (χ2v) is 18.3. The molecule has 0 amide bonds. The van der Waals surface area contributed by atoms with Gasteiger partial charge in [-0.3, -0.25) is 0 Å². The monoisotopic (exact) mass is 662 g/mol. The van der Waals surface area contributed by atoms with Gasteiger partial charge in [-0.25, -0.2) is 4.98 Å². The van der Waals surface area contributed by atoms with Crippen molar-refractivity contribution < 1.29 is 18.6 Å². The van der Waals surface area contributed by atoms with Crippen LogP contribution in [0, 0.1) is 0 Å². The van der Waals surface area contributed by atoms with Crippen LogP contribution >= 0.6 is 15.9 Å². The summed E-state index contributed by atoms with van der Waals surface area (Å²) in [4.78, 5) is 4.96. The Kier molecular flexibility index (Phi) is 10.4. The number of fused-ring (bicyclic) bond motifs is 1. The Labute approximate surface area is 265 Å². The number of imidazole rings is 1. The molecule has 228 valence electrons. The zero-order valence-corrected chi connectivity index (χ0v) is 28.4. The van der Waals surface area contributed by atoms with Crippen LogP contribution in [0.25, 0.3) is 0 Å². The lowest BCUT2D eigenvalue weighted by atomic mass is 9.95. The Hall–Kier alpha value is -2.59. The maximum atomic E-state index is 7.18. The number of nitrogens with zero attached hydrogens (tertiary/aromatic N) is 2. The van der Waals surface area contributed by atoms with Crippen molar-refractivity contribution in [3.05, 3.63) is 124 Å². The smallest absolute Gasteiger partial charge is 0.193 e. The lowest BCUT2D eigenvalue weighted by molar-refractivity contribution is -0.169. The molecule has 0 spiro atoms. The summed E-state index contributed by atoms with van der Waals surface area (Å²) in [5.74, 6) is 0.836. The van der Waals surface area contributed by atoms with Crippen molar-refractivity contribution in [1.29, 1.82) is 0 Å². The number of halogens is 1. The van der Waals surface area contributed by atoms with E-state index < -0.39 is 20.5 Å². The third-order valence-electron chi connectivity index (χ3n) is 8.54. The zero-order valence-electron chi connectivity index (χ0n) is 25.8. The summed E-state index contributed by atoms with van der Waals surface area (Å²) in [6, 6.07) is 30.6. The van der Waals surface area contributed by atoms with E-state index in [1.165, 1.54) is 0 Å². The molecule has 4 aromatic rings. The highest BCUT2D eigenvalue weighted by Crippen LogP contribution is 2.45. The first kappa shape index (κ1) is 31.8. The Morgan fingerprint density at radius 2 is 1.23 bits per heavy atom. The second kappa shape index (κ2) is 14.0. The van der Waals surface area contributed by atoms with Crippen molar-refractivity contribution in [3.63, 3.8) is 0 Å². The van der Waals surface area contributed by atoms with Crippen LogP contribution in [0.2, 0.25) is 18.1 Å². The van der Waals surface area contributed by atoms with Crippen molar-refractivity contribution in [1.82, 2.24) is 9.55 Å². The Balaban J connectivity index is 1.53. The summed E-state index contributed by atoms with van der Waals surface area (Å²) in [6.07, 6.45) is 0.843. The second-order valence-electron chi connectivity index (χ2n) is 12.7. The van der Waals surface area contributed by atoms with Crippen molar-refractivity contribution in [2.75, 3.05) is 6.61 Å². The van der Waals surface area contributed by atoms with Crippen molar-refractivity contribution in [2.45, 2.75) is 83.1 Å². The first-order valence-corrected chi connectivity index (χ1v) is 18.7. The number of aromatic nitrogens is 2. The van der Waals surface area contributed by atoms with E-state index in [2.05, 4.69) is 90.8 Å². The van der Waals surface area contributed by atoms with E-state index in [9.17, 15) is 0 Å². The zero-order chi connectivity index (χ0) is 30.5. The molecular weight excluding hydrogens is 620 g/mol. The Bertz CT molecular complexity index is 1430. The molecule has 0 fully saturated rings. The minimum Gasteiger partial charge on any atom is -0.404 e. The van der Waals surface area contributed by atoms with Crippen LogP contribution in [0.1, 0.15) is 55.4 Å². The predicted octanol–water partition coefficient (Wildman–Crippen LogP) is 8.65. The van der Waals surface area contributed by atoms with Gasteiger partial charge in [-0.05, 0) is 50.8 Å². The molecule has 2 heterocycles. The average molecular weight is 664 g/mol. The van der Waals surface area contributed by atoms with E-state index in [-0.39, 0.29) is 17.2 Å². The fourth-order valence-corrected chi connectivity index (χ4v) is 6.76. The quantitative estimate of drug-likeness (QED) is 0.142. The molecule has 5 rings (SSSR count). The van der Waals surface area contributed by atoms with E-state index in [1.807, 2.05) is 60.8 Å². The van der Waals surface area contributed by atoms with Crippen LogP contribution in [-0.4, -0.2) is 36.7 Å². The highest BCUT2D eigenvalue weighted by Gasteiger charge is 2.50. The molecule has 0 saturated carbocycles. The van der Waals surface area contributed by atoms with Gasteiger partial charge >= 0.3 is 0 Å². The Morgan fingerprint density at radius 1 is 0.744 bits per heavy atom. The summed E-state index contributed by atoms with van der Waals surface area (Å²) in [5.41, 5.74) is 3.33. The first-order chi connectivity index (χ1) is 20.6. The van der Waals surface area contributed by atoms with Gasteiger partial charge in [0, 0.05) is 6.20 Å². The van der Waals surface area contributed by atoms with Crippen LogP contribution in [0.3, 0.4) is 0 Å². The summed E-state index contributed by atoms with van der Waals surface area (Å²) >= 11 is 3.66. The molecular formula is C35H43BrN2O4Si. The third-order valence-corrected chi connectivity index (χ3v) is 13.4. The first-order valence-electron chi connectivity index (χ1n) is 15.0. The van der Waals surface area contributed by atoms with E-state index in [4.69, 9.17) is 23.6 Å². The number of hydrogen-bond donors (Lipinski definition) is 0. The standard InChI is InChI=1S/C35H43BrN2O4Si/c1-35(2,3)43(4,5)42-33-32(41-24-28-19-13-8-14-20-28)31(40-23-27-17-11-7-12-18-27)29(38-21-30(36)37-34(33)38)25-39-22-26-15-9-6-10-16-26/h6-21,29,31-33H,22-25H2,1-5H3/t29-,31+,32+,33-/m1/s1. The van der Waals surface area contributed by atoms with Gasteiger partial charge in [0.15, 0.2) is 8.32 Å². The molecule has 43 heavy (non-hydrogen) atoms. The average Bonchev–Trinajstić information content (AvgIpc) is 3.39. The van der Waals surface area contributed by atoms with Crippen molar-refractivity contribution in [3.8, 4) is 0 Å². The SMILES string of the molecule is CC(C)(C)[Si](C)(C)O[C@H]1c2nc(Br)cn2[C@H](COCc2ccccc2)[C@H](OCc2ccccc2)[C@@H]1OCc1ccccc1. The molecule has 4 atom stereocenters. The molecule has 3 aromatic carbocycles. The number of benzene rings is 3. The maximum Gasteiger partial charge on any atom is 0.193 e. The summed E-state index contributed by atoms with van der Waals surface area (Å²) in [7, 11) is -2.25. The molecule has 1 aromatic heterocycles. The molecule has 6 nitrogen and oxygen atoms in total. The van der Waals surface area contributed by atoms with Gasteiger partial charge < -0.3 is 23.2 Å². The number of ether oxygens (including phenoxy) is 3. The molecule has 1 aliphatic heterocycles. The van der Waals surface area contributed by atoms with E-state index in [0.717, 1.165) is 27.1 Å². The summed E-state index contributed by atoms with van der Waals surface area (Å²) in [5, 5.41) is 0.00166. The van der Waals surface area contributed by atoms with Crippen LogP contribution < -0.4 is 0 Å². The van der Waals surface area contributed by atoms with E-state index in [1.54, 1.807) is 0 Å². The van der Waals surface area contributed by atoms with Gasteiger partial charge in [-0.1, -0.05) is 112 Å². The van der Waals surface area contributed by atoms with Crippen LogP contribution in [0.5, 0.6) is 0 Å². The summed E-state index contributed by atoms with van der Waals surface area (Å²) < 4.78 is 30.2. The number of hydrogen-bond acceptors (Lipinski definition) is 5. The van der Waals surface area contributed by atoms with Crippen LogP contribution in [0.15, 0.2) is 102 Å². The lowest BCUT2D eigenvalue weighted by Gasteiger charge is -2.47. The van der Waals surface area contributed by atoms with Crippen molar-refractivity contribution >= 4 is 24.2 Å². The molecule has 0 aliphatic carbocycles. The predicted molar refractivity (Wildman–Crippen MR) is 176 cm³/mol. The van der Waals surface area contributed by atoms with Gasteiger partial charge in [0.25, 0.3) is 0 Å². The van der Waals surface area contributed by atoms with E-state index >= 15 is 0 Å². The van der Waals surface area contributed by atoms with Gasteiger partial charge in [-0.2, -0.15) is 0 Å². The fourth-order valence-electron chi connectivity index (χ4n) is 5.13. The minimum atomic E-state index is -2.25. The lowest BCUT2D eigenvalue weighted by Crippen LogP contribution is -2.53. The van der Waals surface area contributed by atoms with Gasteiger partial charge in [-0.15, -0.1) is 0 Å². The molecule has 1 aliphatic rings.